The van der Waals surface area contributed by atoms with E-state index in [2.05, 4.69) is 4.98 Å². The minimum absolute atomic E-state index is 0.0366. The van der Waals surface area contributed by atoms with Crippen molar-refractivity contribution in [2.45, 2.75) is 6.54 Å². The Kier molecular flexibility index (Phi) is 4.18. The third kappa shape index (κ3) is 2.81. The molecule has 0 aliphatic heterocycles. The fourth-order valence-electron chi connectivity index (χ4n) is 2.57. The fourth-order valence-corrected chi connectivity index (χ4v) is 2.57. The van der Waals surface area contributed by atoms with Crippen LogP contribution in [0, 0.1) is 5.82 Å². The zero-order valence-electron chi connectivity index (χ0n) is 13.2. The highest BCUT2D eigenvalue weighted by Crippen LogP contribution is 2.30. The number of hydrogen-bond donors (Lipinski definition) is 1. The molecule has 2 aromatic heterocycles. The lowest BCUT2D eigenvalue weighted by molar-refractivity contribution is -0.0381. The van der Waals surface area contributed by atoms with Crippen molar-refractivity contribution in [3.05, 3.63) is 59.8 Å². The van der Waals surface area contributed by atoms with Gasteiger partial charge in [0.15, 0.2) is 11.4 Å². The quantitative estimate of drug-likeness (QED) is 0.590. The summed E-state index contributed by atoms with van der Waals surface area (Å²) in [5.74, 6) is -0.632. The Labute approximate surface area is 137 Å². The van der Waals surface area contributed by atoms with Crippen LogP contribution in [-0.2, 0) is 6.54 Å². The minimum Gasteiger partial charge on any atom is -0.494 e. The first-order valence-corrected chi connectivity index (χ1v) is 7.24. The number of carbonyl (C=O) groups is 1. The molecule has 0 radical (unpaired) electrons. The second-order valence-corrected chi connectivity index (χ2v) is 5.34. The number of benzene rings is 1. The predicted molar refractivity (Wildman–Crippen MR) is 85.7 cm³/mol. The molecule has 6 nitrogen and oxygen atoms in total. The van der Waals surface area contributed by atoms with Crippen LogP contribution in [0.3, 0.4) is 0 Å². The zero-order valence-corrected chi connectivity index (χ0v) is 13.2. The van der Waals surface area contributed by atoms with E-state index in [1.165, 1.54) is 26.3 Å². The number of methoxy groups -OCH3 is 1. The van der Waals surface area contributed by atoms with Crippen molar-refractivity contribution in [3.63, 3.8) is 0 Å². The summed E-state index contributed by atoms with van der Waals surface area (Å²) < 4.78 is 20.3. The summed E-state index contributed by atoms with van der Waals surface area (Å²) >= 11 is 0. The van der Waals surface area contributed by atoms with Crippen LogP contribution in [0.4, 0.5) is 4.39 Å². The lowest BCUT2D eigenvalue weighted by Gasteiger charge is -2.12. The van der Waals surface area contributed by atoms with Gasteiger partial charge in [0.05, 0.1) is 18.8 Å². The number of fused-ring (bicyclic) bond motifs is 1. The van der Waals surface area contributed by atoms with E-state index in [1.54, 1.807) is 18.3 Å². The summed E-state index contributed by atoms with van der Waals surface area (Å²) in [6.45, 7) is 0.530. The highest BCUT2D eigenvalue weighted by molar-refractivity contribution is 6.00. The number of hydroxylamine groups is 2. The van der Waals surface area contributed by atoms with Crippen LogP contribution in [0.5, 0.6) is 5.75 Å². The molecule has 7 heteroatoms. The Morgan fingerprint density at radius 2 is 2.04 bits per heavy atom. The van der Waals surface area contributed by atoms with E-state index in [1.807, 2.05) is 16.8 Å². The molecule has 24 heavy (non-hydrogen) atoms. The van der Waals surface area contributed by atoms with E-state index in [-0.39, 0.29) is 11.5 Å². The number of carbonyl (C=O) groups excluding carboxylic acids is 1. The van der Waals surface area contributed by atoms with Crippen molar-refractivity contribution in [3.8, 4) is 5.75 Å². The Balaban J connectivity index is 2.03. The second-order valence-electron chi connectivity index (χ2n) is 5.34. The molecule has 0 aliphatic rings. The Morgan fingerprint density at radius 3 is 2.67 bits per heavy atom. The van der Waals surface area contributed by atoms with Gasteiger partial charge in [-0.1, -0.05) is 12.1 Å². The van der Waals surface area contributed by atoms with E-state index in [9.17, 15) is 14.4 Å². The molecule has 2 heterocycles. The van der Waals surface area contributed by atoms with Crippen molar-refractivity contribution >= 4 is 16.8 Å². The van der Waals surface area contributed by atoms with E-state index < -0.39 is 5.91 Å². The van der Waals surface area contributed by atoms with Crippen molar-refractivity contribution < 1.29 is 19.1 Å². The third-order valence-electron chi connectivity index (χ3n) is 3.75. The summed E-state index contributed by atoms with van der Waals surface area (Å²) in [7, 11) is 2.68. The van der Waals surface area contributed by atoms with E-state index in [0.29, 0.717) is 22.7 Å². The highest BCUT2D eigenvalue weighted by atomic mass is 19.1. The van der Waals surface area contributed by atoms with Gasteiger partial charge < -0.3 is 9.30 Å². The molecule has 0 saturated carbocycles. The van der Waals surface area contributed by atoms with Gasteiger partial charge in [-0.05, 0) is 23.8 Å². The van der Waals surface area contributed by atoms with Crippen LogP contribution in [0.25, 0.3) is 10.9 Å². The van der Waals surface area contributed by atoms with E-state index in [4.69, 9.17) is 4.74 Å². The first-order chi connectivity index (χ1) is 11.5. The minimum atomic E-state index is -0.653. The largest absolute Gasteiger partial charge is 0.494 e. The van der Waals surface area contributed by atoms with E-state index >= 15 is 0 Å². The first-order valence-electron chi connectivity index (χ1n) is 7.24. The maximum Gasteiger partial charge on any atom is 0.299 e. The van der Waals surface area contributed by atoms with Gasteiger partial charge >= 0.3 is 0 Å². The number of hydrogen-bond acceptors (Lipinski definition) is 4. The molecule has 1 amide bonds. The summed E-state index contributed by atoms with van der Waals surface area (Å²) in [6, 6.07) is 8.06. The van der Waals surface area contributed by atoms with Gasteiger partial charge in [0.2, 0.25) is 0 Å². The Morgan fingerprint density at radius 1 is 1.33 bits per heavy atom. The van der Waals surface area contributed by atoms with Gasteiger partial charge in [-0.2, -0.15) is 0 Å². The van der Waals surface area contributed by atoms with Gasteiger partial charge in [0.25, 0.3) is 5.91 Å². The maximum atomic E-state index is 13.0. The number of amides is 1. The van der Waals surface area contributed by atoms with Crippen molar-refractivity contribution in [1.82, 2.24) is 14.6 Å². The summed E-state index contributed by atoms with van der Waals surface area (Å²) in [5.41, 5.74) is 1.74. The van der Waals surface area contributed by atoms with Crippen molar-refractivity contribution in [2.75, 3.05) is 14.2 Å². The van der Waals surface area contributed by atoms with Crippen molar-refractivity contribution in [1.29, 1.82) is 0 Å². The molecule has 1 aromatic carbocycles. The molecule has 0 bridgehead atoms. The highest BCUT2D eigenvalue weighted by Gasteiger charge is 2.21. The molecule has 0 aliphatic carbocycles. The maximum absolute atomic E-state index is 13.0. The second kappa shape index (κ2) is 6.29. The van der Waals surface area contributed by atoms with Crippen molar-refractivity contribution in [2.24, 2.45) is 0 Å². The van der Waals surface area contributed by atoms with Gasteiger partial charge in [-0.3, -0.25) is 10.0 Å². The average molecular weight is 329 g/mol. The fraction of sp³-hybridized carbons (Fsp3) is 0.176. The average Bonchev–Trinajstić information content (AvgIpc) is 2.98. The molecule has 124 valence electrons. The van der Waals surface area contributed by atoms with Crippen LogP contribution in [0.15, 0.2) is 42.7 Å². The summed E-state index contributed by atoms with van der Waals surface area (Å²) in [4.78, 5) is 16.1. The normalized spacial score (nSPS) is 10.8. The van der Waals surface area contributed by atoms with Crippen LogP contribution in [-0.4, -0.2) is 39.9 Å². The lowest BCUT2D eigenvalue weighted by Crippen LogP contribution is -2.24. The molecule has 1 N–H and O–H groups in total. The number of rotatable bonds is 4. The van der Waals surface area contributed by atoms with Crippen LogP contribution in [0.2, 0.25) is 0 Å². The van der Waals surface area contributed by atoms with Gasteiger partial charge in [0.1, 0.15) is 5.82 Å². The van der Waals surface area contributed by atoms with Crippen LogP contribution < -0.4 is 4.74 Å². The smallest absolute Gasteiger partial charge is 0.299 e. The molecular weight excluding hydrogens is 313 g/mol. The van der Waals surface area contributed by atoms with Crippen LogP contribution >= 0.6 is 0 Å². The molecule has 3 aromatic rings. The van der Waals surface area contributed by atoms with E-state index in [0.717, 1.165) is 11.1 Å². The number of aromatic nitrogens is 2. The number of ether oxygens (including phenoxy) is 1. The molecule has 0 spiro atoms. The molecule has 0 atom stereocenters. The summed E-state index contributed by atoms with van der Waals surface area (Å²) in [5, 5.41) is 10.5. The predicted octanol–water partition coefficient (Wildman–Crippen LogP) is 2.69. The number of halogens is 1. The van der Waals surface area contributed by atoms with Gasteiger partial charge in [0, 0.05) is 25.2 Å². The molecular formula is C17H16FN3O3. The third-order valence-corrected chi connectivity index (χ3v) is 3.75. The molecule has 3 rings (SSSR count). The standard InChI is InChI=1S/C17H16FN3O3/c1-20(23)17(22)15-16(24-2)13-7-8-21(14(13)9-19-15)10-11-3-5-12(18)6-4-11/h3-9,23H,10H2,1-2H3. The lowest BCUT2D eigenvalue weighted by atomic mass is 10.2. The first kappa shape index (κ1) is 15.9. The zero-order chi connectivity index (χ0) is 17.3. The molecule has 0 fully saturated rings. The van der Waals surface area contributed by atoms with Gasteiger partial charge in [-0.25, -0.2) is 14.4 Å². The topological polar surface area (TPSA) is 67.6 Å². The number of pyridine rings is 1. The Hall–Kier alpha value is -2.93. The monoisotopic (exact) mass is 329 g/mol. The van der Waals surface area contributed by atoms with Gasteiger partial charge in [-0.15, -0.1) is 0 Å². The molecule has 0 saturated heterocycles. The SMILES string of the molecule is COc1c(C(=O)N(C)O)ncc2c1ccn2Cc1ccc(F)cc1. The molecule has 0 unspecified atom stereocenters. The summed E-state index contributed by atoms with van der Waals surface area (Å²) in [6.07, 6.45) is 3.40. The van der Waals surface area contributed by atoms with Crippen LogP contribution in [0.1, 0.15) is 16.1 Å². The number of nitrogens with zero attached hydrogens (tertiary/aromatic N) is 3. The Bertz CT molecular complexity index is 888.